The van der Waals surface area contributed by atoms with E-state index in [0.29, 0.717) is 18.0 Å². The van der Waals surface area contributed by atoms with Crippen molar-refractivity contribution in [2.45, 2.75) is 32.2 Å². The molecule has 4 nitrogen and oxygen atoms in total. The van der Waals surface area contributed by atoms with Crippen LogP contribution in [0.25, 0.3) is 0 Å². The smallest absolute Gasteiger partial charge is 0.257 e. The SMILES string of the molecule is CC1CCN(CC(=O)N2N=C(c3ccccc3)C[C@@H]2c2ccccc2Cl)CC1. The van der Waals surface area contributed by atoms with Gasteiger partial charge >= 0.3 is 0 Å². The van der Waals surface area contributed by atoms with E-state index in [4.69, 9.17) is 16.7 Å². The second kappa shape index (κ2) is 8.46. The number of carbonyl (C=O) groups is 1. The highest BCUT2D eigenvalue weighted by Gasteiger charge is 2.35. The van der Waals surface area contributed by atoms with Crippen molar-refractivity contribution >= 4 is 23.2 Å². The van der Waals surface area contributed by atoms with Gasteiger partial charge in [0, 0.05) is 11.4 Å². The minimum atomic E-state index is -0.153. The maximum atomic E-state index is 13.2. The number of hydrogen-bond donors (Lipinski definition) is 0. The summed E-state index contributed by atoms with van der Waals surface area (Å²) in [6, 6.07) is 17.7. The predicted octanol–water partition coefficient (Wildman–Crippen LogP) is 4.75. The number of hydrogen-bond acceptors (Lipinski definition) is 3. The van der Waals surface area contributed by atoms with Crippen LogP contribution in [0.1, 0.15) is 43.4 Å². The second-order valence-electron chi connectivity index (χ2n) is 7.85. The third kappa shape index (κ3) is 4.13. The van der Waals surface area contributed by atoms with E-state index in [0.717, 1.165) is 48.7 Å². The van der Waals surface area contributed by atoms with Gasteiger partial charge in [-0.2, -0.15) is 5.10 Å². The molecule has 1 saturated heterocycles. The molecule has 0 aliphatic carbocycles. The van der Waals surface area contributed by atoms with E-state index >= 15 is 0 Å². The van der Waals surface area contributed by atoms with Crippen LogP contribution >= 0.6 is 11.6 Å². The zero-order chi connectivity index (χ0) is 19.5. The molecule has 2 aliphatic rings. The van der Waals surface area contributed by atoms with Crippen LogP contribution in [-0.4, -0.2) is 41.2 Å². The lowest BCUT2D eigenvalue weighted by Crippen LogP contribution is -2.41. The van der Waals surface area contributed by atoms with Crippen molar-refractivity contribution in [2.24, 2.45) is 11.0 Å². The van der Waals surface area contributed by atoms with Crippen LogP contribution in [0.15, 0.2) is 59.7 Å². The lowest BCUT2D eigenvalue weighted by Gasteiger charge is -2.31. The number of amides is 1. The van der Waals surface area contributed by atoms with Crippen molar-refractivity contribution in [2.75, 3.05) is 19.6 Å². The number of halogens is 1. The van der Waals surface area contributed by atoms with Gasteiger partial charge in [-0.25, -0.2) is 5.01 Å². The molecule has 2 aromatic carbocycles. The molecular formula is C23H26ClN3O. The Morgan fingerprint density at radius 1 is 1.07 bits per heavy atom. The minimum Gasteiger partial charge on any atom is -0.294 e. The number of piperidine rings is 1. The summed E-state index contributed by atoms with van der Waals surface area (Å²) in [5, 5.41) is 7.10. The molecular weight excluding hydrogens is 370 g/mol. The van der Waals surface area contributed by atoms with Crippen LogP contribution in [0.3, 0.4) is 0 Å². The lowest BCUT2D eigenvalue weighted by atomic mass is 9.98. The van der Waals surface area contributed by atoms with Crippen LogP contribution in [0.2, 0.25) is 5.02 Å². The van der Waals surface area contributed by atoms with Crippen LogP contribution < -0.4 is 0 Å². The molecule has 0 spiro atoms. The van der Waals surface area contributed by atoms with Gasteiger partial charge in [-0.1, -0.05) is 67.1 Å². The molecule has 5 heteroatoms. The first kappa shape index (κ1) is 19.2. The Bertz CT molecular complexity index is 859. The fraction of sp³-hybridized carbons (Fsp3) is 0.391. The van der Waals surface area contributed by atoms with Gasteiger partial charge < -0.3 is 0 Å². The molecule has 146 valence electrons. The fourth-order valence-electron chi connectivity index (χ4n) is 4.02. The molecule has 2 heterocycles. The Morgan fingerprint density at radius 3 is 2.46 bits per heavy atom. The average Bonchev–Trinajstić information content (AvgIpc) is 3.16. The average molecular weight is 396 g/mol. The van der Waals surface area contributed by atoms with Crippen molar-refractivity contribution in [3.63, 3.8) is 0 Å². The lowest BCUT2D eigenvalue weighted by molar-refractivity contribution is -0.134. The fourth-order valence-corrected chi connectivity index (χ4v) is 4.28. The summed E-state index contributed by atoms with van der Waals surface area (Å²) in [6.45, 7) is 4.66. The predicted molar refractivity (Wildman–Crippen MR) is 113 cm³/mol. The third-order valence-corrected chi connectivity index (χ3v) is 6.12. The van der Waals surface area contributed by atoms with Gasteiger partial charge in [0.15, 0.2) is 0 Å². The van der Waals surface area contributed by atoms with Gasteiger partial charge in [0.1, 0.15) is 0 Å². The zero-order valence-corrected chi connectivity index (χ0v) is 17.0. The molecule has 2 aliphatic heterocycles. The Kier molecular flexibility index (Phi) is 5.79. The monoisotopic (exact) mass is 395 g/mol. The van der Waals surface area contributed by atoms with Crippen molar-refractivity contribution in [1.82, 2.24) is 9.91 Å². The minimum absolute atomic E-state index is 0.0467. The van der Waals surface area contributed by atoms with Crippen LogP contribution in [-0.2, 0) is 4.79 Å². The summed E-state index contributed by atoms with van der Waals surface area (Å²) in [5.41, 5.74) is 2.95. The molecule has 2 aromatic rings. The zero-order valence-electron chi connectivity index (χ0n) is 16.2. The highest BCUT2D eigenvalue weighted by atomic mass is 35.5. The first-order chi connectivity index (χ1) is 13.6. The van der Waals surface area contributed by atoms with Crippen LogP contribution in [0, 0.1) is 5.92 Å². The molecule has 0 aromatic heterocycles. The van der Waals surface area contributed by atoms with Gasteiger partial charge in [0.05, 0.1) is 18.3 Å². The number of carbonyl (C=O) groups excluding carboxylic acids is 1. The van der Waals surface area contributed by atoms with Crippen LogP contribution in [0.5, 0.6) is 0 Å². The summed E-state index contributed by atoms with van der Waals surface area (Å²) in [4.78, 5) is 15.5. The van der Waals surface area contributed by atoms with Gasteiger partial charge in [-0.3, -0.25) is 9.69 Å². The number of hydrazone groups is 1. The first-order valence-electron chi connectivity index (χ1n) is 10.0. The topological polar surface area (TPSA) is 35.9 Å². The van der Waals surface area contributed by atoms with E-state index in [1.807, 2.05) is 54.6 Å². The van der Waals surface area contributed by atoms with Gasteiger partial charge in [0.25, 0.3) is 5.91 Å². The van der Waals surface area contributed by atoms with Crippen molar-refractivity contribution in [1.29, 1.82) is 0 Å². The van der Waals surface area contributed by atoms with E-state index in [1.54, 1.807) is 5.01 Å². The van der Waals surface area contributed by atoms with E-state index in [9.17, 15) is 4.79 Å². The van der Waals surface area contributed by atoms with Crippen LogP contribution in [0.4, 0.5) is 0 Å². The molecule has 4 rings (SSSR count). The van der Waals surface area contributed by atoms with E-state index in [1.165, 1.54) is 0 Å². The highest BCUT2D eigenvalue weighted by Crippen LogP contribution is 2.36. The summed E-state index contributed by atoms with van der Waals surface area (Å²) in [7, 11) is 0. The van der Waals surface area contributed by atoms with Gasteiger partial charge in [-0.05, 0) is 49.0 Å². The molecule has 0 N–H and O–H groups in total. The number of likely N-dealkylation sites (tertiary alicyclic amines) is 1. The summed E-state index contributed by atoms with van der Waals surface area (Å²) in [5.74, 6) is 0.794. The van der Waals surface area contributed by atoms with E-state index < -0.39 is 0 Å². The van der Waals surface area contributed by atoms with E-state index in [2.05, 4.69) is 11.8 Å². The maximum absolute atomic E-state index is 13.2. The Balaban J connectivity index is 1.59. The van der Waals surface area contributed by atoms with Crippen molar-refractivity contribution < 1.29 is 4.79 Å². The summed E-state index contributed by atoms with van der Waals surface area (Å²) < 4.78 is 0. The maximum Gasteiger partial charge on any atom is 0.257 e. The van der Waals surface area contributed by atoms with E-state index in [-0.39, 0.29) is 11.9 Å². The van der Waals surface area contributed by atoms with Gasteiger partial charge in [0.2, 0.25) is 0 Å². The summed E-state index contributed by atoms with van der Waals surface area (Å²) in [6.07, 6.45) is 2.98. The molecule has 0 unspecified atom stereocenters. The largest absolute Gasteiger partial charge is 0.294 e. The molecule has 0 saturated carbocycles. The molecule has 28 heavy (non-hydrogen) atoms. The summed E-state index contributed by atoms with van der Waals surface area (Å²) >= 11 is 6.48. The quantitative estimate of drug-likeness (QED) is 0.748. The van der Waals surface area contributed by atoms with Gasteiger partial charge in [-0.15, -0.1) is 0 Å². The molecule has 0 radical (unpaired) electrons. The molecule has 1 fully saturated rings. The molecule has 1 atom stereocenters. The Labute approximate surface area is 171 Å². The molecule has 1 amide bonds. The van der Waals surface area contributed by atoms with Crippen molar-refractivity contribution in [3.8, 4) is 0 Å². The Morgan fingerprint density at radius 2 is 1.75 bits per heavy atom. The Hall–Kier alpha value is -2.17. The normalized spacial score (nSPS) is 21.0. The standard InChI is InChI=1S/C23H26ClN3O/c1-17-11-13-26(14-12-17)16-23(28)27-22(19-9-5-6-10-20(19)24)15-21(25-27)18-7-3-2-4-8-18/h2-10,17,22H,11-16H2,1H3/t22-/m1/s1. The number of benzene rings is 2. The van der Waals surface area contributed by atoms with Crippen molar-refractivity contribution in [3.05, 3.63) is 70.7 Å². The molecule has 0 bridgehead atoms. The first-order valence-corrected chi connectivity index (χ1v) is 10.4. The number of rotatable bonds is 4. The number of nitrogens with zero attached hydrogens (tertiary/aromatic N) is 3. The highest BCUT2D eigenvalue weighted by molar-refractivity contribution is 6.31. The third-order valence-electron chi connectivity index (χ3n) is 5.77. The second-order valence-corrected chi connectivity index (χ2v) is 8.26.